The number of halogens is 3. The van der Waals surface area contributed by atoms with Gasteiger partial charge >= 0.3 is 7.12 Å². The fraction of sp³-hybridized carbons (Fsp3) is 0.429. The van der Waals surface area contributed by atoms with E-state index in [2.05, 4.69) is 41.8 Å². The molecule has 1 amide bonds. The van der Waals surface area contributed by atoms with E-state index in [1.807, 2.05) is 40.8 Å². The molecule has 0 bridgehead atoms. The van der Waals surface area contributed by atoms with Gasteiger partial charge in [0.15, 0.2) is 0 Å². The van der Waals surface area contributed by atoms with Gasteiger partial charge in [0.1, 0.15) is 5.82 Å². The van der Waals surface area contributed by atoms with Gasteiger partial charge in [-0.25, -0.2) is 9.97 Å². The molecule has 0 radical (unpaired) electrons. The standard InChI is InChI=1S/C11H15BFNO2.C11H14BrN3O.C6H6BrNO/c1-10(2)11(3,4)16-12(15-10)8-5-6-9(13)14-7-8;1-15-6-7(2-3-10(15)16)8-4-9(12)11(13)14-5-8;1-8-4-5(7)2-3-6(8)9/h5-7H,1-4H3;4-5,7H,2-3,6H2,1H3,(H2,13,14);2-4H,1H3. The molecule has 3 aromatic rings. The third kappa shape index (κ3) is 8.70. The van der Waals surface area contributed by atoms with Gasteiger partial charge < -0.3 is 24.5 Å². The topological polar surface area (TPSA) is 113 Å². The zero-order chi connectivity index (χ0) is 30.5. The maximum Gasteiger partial charge on any atom is 0.496 e. The molecule has 2 saturated heterocycles. The lowest BCUT2D eigenvalue weighted by Gasteiger charge is -2.32. The second-order valence-electron chi connectivity index (χ2n) is 10.9. The van der Waals surface area contributed by atoms with Crippen molar-refractivity contribution in [3.8, 4) is 0 Å². The number of hydrogen-bond acceptors (Lipinski definition) is 7. The van der Waals surface area contributed by atoms with Crippen molar-refractivity contribution in [2.75, 3.05) is 19.3 Å². The summed E-state index contributed by atoms with van der Waals surface area (Å²) in [6.45, 7) is 8.67. The summed E-state index contributed by atoms with van der Waals surface area (Å²) in [7, 11) is 3.08. The number of nitrogens with two attached hydrogens (primary N) is 1. The van der Waals surface area contributed by atoms with E-state index in [0.717, 1.165) is 32.9 Å². The minimum atomic E-state index is -0.500. The van der Waals surface area contributed by atoms with Crippen LogP contribution in [-0.4, -0.2) is 57.3 Å². The van der Waals surface area contributed by atoms with Crippen molar-refractivity contribution in [1.29, 1.82) is 0 Å². The minimum absolute atomic E-state index is 0.0122. The van der Waals surface area contributed by atoms with E-state index < -0.39 is 13.1 Å². The van der Waals surface area contributed by atoms with Crippen LogP contribution in [0.25, 0.3) is 0 Å². The first kappa shape index (κ1) is 32.9. The molecule has 3 aromatic heterocycles. The highest BCUT2D eigenvalue weighted by molar-refractivity contribution is 9.10. The monoisotopic (exact) mass is 693 g/mol. The summed E-state index contributed by atoms with van der Waals surface area (Å²) in [5.41, 5.74) is 6.77. The average Bonchev–Trinajstić information content (AvgIpc) is 3.12. The number of amides is 1. The van der Waals surface area contributed by atoms with Crippen molar-refractivity contribution in [1.82, 2.24) is 19.4 Å². The molecule has 220 valence electrons. The van der Waals surface area contributed by atoms with Crippen LogP contribution in [0.3, 0.4) is 0 Å². The van der Waals surface area contributed by atoms with Gasteiger partial charge in [-0.15, -0.1) is 0 Å². The Morgan fingerprint density at radius 2 is 1.68 bits per heavy atom. The van der Waals surface area contributed by atoms with E-state index in [9.17, 15) is 14.0 Å². The van der Waals surface area contributed by atoms with E-state index in [-0.39, 0.29) is 22.7 Å². The number of rotatable bonds is 2. The number of carbonyl (C=O) groups is 1. The molecule has 1 atom stereocenters. The quantitative estimate of drug-likeness (QED) is 0.312. The predicted octanol–water partition coefficient (Wildman–Crippen LogP) is 4.43. The SMILES string of the molecule is CC1(C)OB(c2ccc(F)nc2)OC1(C)C.CN1CC(c2cnc(N)c(Br)c2)CCC1=O.Cn1cc(Br)ccc1=O. The Balaban J connectivity index is 0.000000176. The molecule has 0 spiro atoms. The maximum absolute atomic E-state index is 12.7. The Morgan fingerprint density at radius 1 is 1.02 bits per heavy atom. The maximum atomic E-state index is 12.7. The number of anilines is 1. The number of hydrogen-bond donors (Lipinski definition) is 1. The second-order valence-corrected chi connectivity index (χ2v) is 12.7. The summed E-state index contributed by atoms with van der Waals surface area (Å²) in [5, 5.41) is 0. The lowest BCUT2D eigenvalue weighted by Crippen LogP contribution is -2.41. The van der Waals surface area contributed by atoms with Crippen molar-refractivity contribution in [3.63, 3.8) is 0 Å². The van der Waals surface area contributed by atoms with Crippen molar-refractivity contribution < 1.29 is 18.5 Å². The van der Waals surface area contributed by atoms with Gasteiger partial charge in [0, 0.05) is 67.6 Å². The summed E-state index contributed by atoms with van der Waals surface area (Å²) in [6.07, 6.45) is 6.47. The molecule has 0 aromatic carbocycles. The van der Waals surface area contributed by atoms with Gasteiger partial charge in [-0.1, -0.05) is 6.07 Å². The molecule has 2 aliphatic heterocycles. The van der Waals surface area contributed by atoms with Gasteiger partial charge in [0.25, 0.3) is 0 Å². The smallest absolute Gasteiger partial charge is 0.399 e. The van der Waals surface area contributed by atoms with Crippen LogP contribution in [0.1, 0.15) is 52.0 Å². The molecule has 0 saturated carbocycles. The van der Waals surface area contributed by atoms with Gasteiger partial charge in [0.05, 0.1) is 15.7 Å². The highest BCUT2D eigenvalue weighted by Crippen LogP contribution is 2.36. The van der Waals surface area contributed by atoms with E-state index in [4.69, 9.17) is 15.0 Å². The molecule has 41 heavy (non-hydrogen) atoms. The summed E-state index contributed by atoms with van der Waals surface area (Å²) in [6, 6.07) is 8.17. The fourth-order valence-electron chi connectivity index (χ4n) is 4.04. The number of aromatic nitrogens is 3. The lowest BCUT2D eigenvalue weighted by atomic mass is 9.80. The van der Waals surface area contributed by atoms with Crippen LogP contribution in [0.5, 0.6) is 0 Å². The largest absolute Gasteiger partial charge is 0.496 e. The van der Waals surface area contributed by atoms with Crippen LogP contribution in [0, 0.1) is 5.95 Å². The highest BCUT2D eigenvalue weighted by atomic mass is 79.9. The van der Waals surface area contributed by atoms with Crippen LogP contribution >= 0.6 is 31.9 Å². The first-order valence-corrected chi connectivity index (χ1v) is 14.6. The third-order valence-corrected chi connectivity index (χ3v) is 8.42. The van der Waals surface area contributed by atoms with Crippen LogP contribution in [0.4, 0.5) is 10.2 Å². The predicted molar refractivity (Wildman–Crippen MR) is 165 cm³/mol. The van der Waals surface area contributed by atoms with E-state index >= 15 is 0 Å². The molecule has 2 N–H and O–H groups in total. The van der Waals surface area contributed by atoms with Gasteiger partial charge in [-0.3, -0.25) is 9.59 Å². The van der Waals surface area contributed by atoms with Crippen molar-refractivity contribution in [2.24, 2.45) is 7.05 Å². The van der Waals surface area contributed by atoms with Gasteiger partial charge in [0.2, 0.25) is 17.4 Å². The Kier molecular flexibility index (Phi) is 10.9. The summed E-state index contributed by atoms with van der Waals surface area (Å²) < 4.78 is 27.6. The summed E-state index contributed by atoms with van der Waals surface area (Å²) in [4.78, 5) is 31.6. The normalized spacial score (nSPS) is 19.1. The number of carbonyl (C=O) groups excluding carboxylic acids is 1. The summed E-state index contributed by atoms with van der Waals surface area (Å²) >= 11 is 6.61. The second kappa shape index (κ2) is 13.6. The number of nitrogen functional groups attached to an aromatic ring is 1. The number of likely N-dealkylation sites (N-methyl/N-ethyl adjacent to an activating group) is 1. The molecule has 0 aliphatic carbocycles. The zero-order valence-corrected chi connectivity index (χ0v) is 27.2. The Morgan fingerprint density at radius 3 is 2.20 bits per heavy atom. The van der Waals surface area contributed by atoms with Crippen LogP contribution < -0.4 is 16.8 Å². The molecule has 2 aliphatic rings. The Hall–Kier alpha value is -2.61. The molecular weight excluding hydrogens is 660 g/mol. The van der Waals surface area contributed by atoms with Crippen LogP contribution in [-0.2, 0) is 21.2 Å². The zero-order valence-electron chi connectivity index (χ0n) is 24.0. The number of likely N-dealkylation sites (tertiary alicyclic amines) is 1. The van der Waals surface area contributed by atoms with Crippen LogP contribution in [0.15, 0.2) is 62.7 Å². The third-order valence-electron chi connectivity index (χ3n) is 7.31. The van der Waals surface area contributed by atoms with E-state index in [1.54, 1.807) is 36.5 Å². The van der Waals surface area contributed by atoms with Crippen molar-refractivity contribution in [2.45, 2.75) is 57.7 Å². The molecule has 1 unspecified atom stereocenters. The van der Waals surface area contributed by atoms with E-state index in [0.29, 0.717) is 18.2 Å². The Bertz CT molecular complexity index is 1410. The van der Waals surface area contributed by atoms with Gasteiger partial charge in [-0.05, 0) is 89.7 Å². The van der Waals surface area contributed by atoms with Gasteiger partial charge in [-0.2, -0.15) is 4.39 Å². The number of piperidine rings is 1. The first-order chi connectivity index (χ1) is 19.1. The van der Waals surface area contributed by atoms with E-state index in [1.165, 1.54) is 22.9 Å². The van der Waals surface area contributed by atoms with Crippen molar-refractivity contribution in [3.05, 3.63) is 79.7 Å². The van der Waals surface area contributed by atoms with Crippen LogP contribution in [0.2, 0.25) is 0 Å². The average molecular weight is 695 g/mol. The molecule has 9 nitrogen and oxygen atoms in total. The molecule has 5 rings (SSSR count). The Labute approximate surface area is 257 Å². The number of pyridine rings is 3. The molecule has 13 heteroatoms. The highest BCUT2D eigenvalue weighted by Gasteiger charge is 2.51. The minimum Gasteiger partial charge on any atom is -0.399 e. The molecule has 5 heterocycles. The number of nitrogens with zero attached hydrogens (tertiary/aromatic N) is 4. The molecular formula is C28H35BBr2FN5O4. The number of aryl methyl sites for hydroxylation is 1. The lowest BCUT2D eigenvalue weighted by molar-refractivity contribution is -0.132. The molecule has 2 fully saturated rings. The summed E-state index contributed by atoms with van der Waals surface area (Å²) in [5.74, 6) is 0.593. The first-order valence-electron chi connectivity index (χ1n) is 13.0. The fourth-order valence-corrected chi connectivity index (χ4v) is 4.84. The van der Waals surface area contributed by atoms with Crippen molar-refractivity contribution >= 4 is 56.2 Å².